The first-order valence-electron chi connectivity index (χ1n) is 7.94. The molecular weight excluding hydrogens is 327 g/mol. The number of halogens is 2. The van der Waals surface area contributed by atoms with Gasteiger partial charge in [0.15, 0.2) is 0 Å². The zero-order valence-electron chi connectivity index (χ0n) is 13.4. The molecular formula is C19H26Cl2N2. The Morgan fingerprint density at radius 1 is 0.783 bits per heavy atom. The van der Waals surface area contributed by atoms with E-state index in [1.165, 1.54) is 37.1 Å². The number of benzene rings is 2. The van der Waals surface area contributed by atoms with Gasteiger partial charge in [-0.05, 0) is 37.1 Å². The summed E-state index contributed by atoms with van der Waals surface area (Å²) in [5, 5.41) is 3.70. The quantitative estimate of drug-likeness (QED) is 0.863. The maximum atomic E-state index is 3.70. The van der Waals surface area contributed by atoms with Crippen LogP contribution in [0.3, 0.4) is 0 Å². The summed E-state index contributed by atoms with van der Waals surface area (Å²) in [6.45, 7) is 4.47. The van der Waals surface area contributed by atoms with Crippen LogP contribution in [0.1, 0.15) is 24.0 Å². The van der Waals surface area contributed by atoms with Crippen molar-refractivity contribution in [3.8, 4) is 0 Å². The molecule has 0 atom stereocenters. The Kier molecular flexibility index (Phi) is 9.27. The summed E-state index contributed by atoms with van der Waals surface area (Å²) in [5.74, 6) is 0. The minimum atomic E-state index is 0. The summed E-state index contributed by atoms with van der Waals surface area (Å²) in [4.78, 5) is 2.57. The fourth-order valence-corrected chi connectivity index (χ4v) is 2.99. The summed E-state index contributed by atoms with van der Waals surface area (Å²) in [6.07, 6.45) is 2.50. The molecule has 0 amide bonds. The highest BCUT2D eigenvalue weighted by Gasteiger charge is 2.18. The summed E-state index contributed by atoms with van der Waals surface area (Å²) >= 11 is 0. The molecule has 2 aromatic rings. The molecule has 0 spiro atoms. The zero-order chi connectivity index (χ0) is 14.3. The largest absolute Gasteiger partial charge is 0.310 e. The number of rotatable bonds is 5. The Hall–Kier alpha value is -1.06. The minimum Gasteiger partial charge on any atom is -0.310 e. The number of hydrogen-bond donors (Lipinski definition) is 1. The molecule has 0 unspecified atom stereocenters. The van der Waals surface area contributed by atoms with Gasteiger partial charge in [-0.1, -0.05) is 60.7 Å². The molecule has 1 heterocycles. The maximum absolute atomic E-state index is 3.70. The Bertz CT molecular complexity index is 526. The Morgan fingerprint density at radius 3 is 1.87 bits per heavy atom. The lowest BCUT2D eigenvalue weighted by Crippen LogP contribution is -2.41. The smallest absolute Gasteiger partial charge is 0.0233 e. The van der Waals surface area contributed by atoms with Crippen molar-refractivity contribution in [3.05, 3.63) is 71.8 Å². The average molecular weight is 353 g/mol. The van der Waals surface area contributed by atoms with Crippen molar-refractivity contribution < 1.29 is 0 Å². The second-order valence-electron chi connectivity index (χ2n) is 5.90. The van der Waals surface area contributed by atoms with Gasteiger partial charge < -0.3 is 5.32 Å². The lowest BCUT2D eigenvalue weighted by molar-refractivity contribution is 0.190. The first-order chi connectivity index (χ1) is 10.4. The van der Waals surface area contributed by atoms with Gasteiger partial charge in [0, 0.05) is 19.1 Å². The molecule has 3 rings (SSSR count). The van der Waals surface area contributed by atoms with Crippen molar-refractivity contribution in [2.24, 2.45) is 0 Å². The first-order valence-corrected chi connectivity index (χ1v) is 7.94. The van der Waals surface area contributed by atoms with E-state index >= 15 is 0 Å². The van der Waals surface area contributed by atoms with Gasteiger partial charge in [-0.15, -0.1) is 24.8 Å². The molecule has 0 aromatic heterocycles. The van der Waals surface area contributed by atoms with Gasteiger partial charge in [-0.2, -0.15) is 0 Å². The molecule has 1 aliphatic rings. The van der Waals surface area contributed by atoms with Gasteiger partial charge >= 0.3 is 0 Å². The predicted molar refractivity (Wildman–Crippen MR) is 103 cm³/mol. The van der Waals surface area contributed by atoms with Crippen LogP contribution in [0.2, 0.25) is 0 Å². The van der Waals surface area contributed by atoms with E-state index < -0.39 is 0 Å². The summed E-state index contributed by atoms with van der Waals surface area (Å²) in [7, 11) is 0. The van der Waals surface area contributed by atoms with Gasteiger partial charge in [0.1, 0.15) is 0 Å². The molecule has 0 saturated carbocycles. The lowest BCUT2D eigenvalue weighted by atomic mass is 10.0. The molecule has 1 aliphatic heterocycles. The number of hydrogen-bond acceptors (Lipinski definition) is 2. The van der Waals surface area contributed by atoms with Crippen LogP contribution in [0.15, 0.2) is 60.7 Å². The second-order valence-corrected chi connectivity index (χ2v) is 5.90. The standard InChI is InChI=1S/C19H24N2.2ClH/c1-3-7-17(8-4-1)15-20-19-11-13-21(14-12-19)16-18-9-5-2-6-10-18;;/h1-10,19-20H,11-16H2;2*1H. The third kappa shape index (κ3) is 6.52. The van der Waals surface area contributed by atoms with Gasteiger partial charge in [0.25, 0.3) is 0 Å². The van der Waals surface area contributed by atoms with Crippen molar-refractivity contribution in [1.82, 2.24) is 10.2 Å². The van der Waals surface area contributed by atoms with E-state index in [0.717, 1.165) is 13.1 Å². The van der Waals surface area contributed by atoms with Crippen LogP contribution in [-0.4, -0.2) is 24.0 Å². The molecule has 1 N–H and O–H groups in total. The summed E-state index contributed by atoms with van der Waals surface area (Å²) in [6, 6.07) is 22.1. The molecule has 1 saturated heterocycles. The highest BCUT2D eigenvalue weighted by molar-refractivity contribution is 5.85. The highest BCUT2D eigenvalue weighted by atomic mass is 35.5. The maximum Gasteiger partial charge on any atom is 0.0233 e. The normalized spacial score (nSPS) is 15.5. The molecule has 0 radical (unpaired) electrons. The Balaban J connectivity index is 0.00000132. The molecule has 126 valence electrons. The topological polar surface area (TPSA) is 15.3 Å². The molecule has 2 aromatic carbocycles. The van der Waals surface area contributed by atoms with Crippen LogP contribution in [0.4, 0.5) is 0 Å². The predicted octanol–water partition coefficient (Wildman–Crippen LogP) is 4.28. The van der Waals surface area contributed by atoms with Gasteiger partial charge in [0.05, 0.1) is 0 Å². The van der Waals surface area contributed by atoms with Crippen molar-refractivity contribution in [2.45, 2.75) is 32.0 Å². The van der Waals surface area contributed by atoms with Crippen LogP contribution in [0, 0.1) is 0 Å². The molecule has 1 fully saturated rings. The van der Waals surface area contributed by atoms with E-state index in [-0.39, 0.29) is 24.8 Å². The van der Waals surface area contributed by atoms with Crippen LogP contribution < -0.4 is 5.32 Å². The fraction of sp³-hybridized carbons (Fsp3) is 0.368. The average Bonchev–Trinajstić information content (AvgIpc) is 2.56. The van der Waals surface area contributed by atoms with Crippen LogP contribution in [0.5, 0.6) is 0 Å². The number of nitrogens with one attached hydrogen (secondary N) is 1. The van der Waals surface area contributed by atoms with E-state index in [4.69, 9.17) is 0 Å². The molecule has 23 heavy (non-hydrogen) atoms. The molecule has 0 bridgehead atoms. The monoisotopic (exact) mass is 352 g/mol. The minimum absolute atomic E-state index is 0. The van der Waals surface area contributed by atoms with Crippen molar-refractivity contribution in [3.63, 3.8) is 0 Å². The third-order valence-electron chi connectivity index (χ3n) is 4.27. The summed E-state index contributed by atoms with van der Waals surface area (Å²) < 4.78 is 0. The highest BCUT2D eigenvalue weighted by Crippen LogP contribution is 2.14. The molecule has 2 nitrogen and oxygen atoms in total. The Morgan fingerprint density at radius 2 is 1.30 bits per heavy atom. The number of piperidine rings is 1. The number of likely N-dealkylation sites (tertiary alicyclic amines) is 1. The molecule has 0 aliphatic carbocycles. The third-order valence-corrected chi connectivity index (χ3v) is 4.27. The van der Waals surface area contributed by atoms with Crippen molar-refractivity contribution >= 4 is 24.8 Å². The van der Waals surface area contributed by atoms with E-state index in [9.17, 15) is 0 Å². The number of nitrogens with zero attached hydrogens (tertiary/aromatic N) is 1. The fourth-order valence-electron chi connectivity index (χ4n) is 2.99. The van der Waals surface area contributed by atoms with Crippen LogP contribution >= 0.6 is 24.8 Å². The SMILES string of the molecule is Cl.Cl.c1ccc(CNC2CCN(Cc3ccccc3)CC2)cc1. The van der Waals surface area contributed by atoms with Crippen LogP contribution in [0.25, 0.3) is 0 Å². The second kappa shape index (κ2) is 10.7. The van der Waals surface area contributed by atoms with E-state index in [1.54, 1.807) is 0 Å². The molecule has 4 heteroatoms. The lowest BCUT2D eigenvalue weighted by Gasteiger charge is -2.32. The van der Waals surface area contributed by atoms with Crippen molar-refractivity contribution in [1.29, 1.82) is 0 Å². The van der Waals surface area contributed by atoms with Gasteiger partial charge in [-0.3, -0.25) is 4.90 Å². The first kappa shape index (κ1) is 20.0. The summed E-state index contributed by atoms with van der Waals surface area (Å²) in [5.41, 5.74) is 2.80. The van der Waals surface area contributed by atoms with Gasteiger partial charge in [0.2, 0.25) is 0 Å². The van der Waals surface area contributed by atoms with Crippen molar-refractivity contribution in [2.75, 3.05) is 13.1 Å². The Labute approximate surface area is 152 Å². The van der Waals surface area contributed by atoms with Crippen LogP contribution in [-0.2, 0) is 13.1 Å². The zero-order valence-corrected chi connectivity index (χ0v) is 15.0. The van der Waals surface area contributed by atoms with Gasteiger partial charge in [-0.25, -0.2) is 0 Å². The van der Waals surface area contributed by atoms with E-state index in [2.05, 4.69) is 70.9 Å². The van der Waals surface area contributed by atoms with E-state index in [1.807, 2.05) is 0 Å². The van der Waals surface area contributed by atoms with E-state index in [0.29, 0.717) is 6.04 Å².